The standard InChI is InChI=1S/C11H20O4/c1-12-11-8-15-7-10(11)6-14-5-9-2-3-13-4-9/h9-11H,2-8H2,1H3/t9?,10?,11-/m1/s1. The van der Waals surface area contributed by atoms with Crippen molar-refractivity contribution in [2.24, 2.45) is 11.8 Å². The lowest BCUT2D eigenvalue weighted by molar-refractivity contribution is 0.0154. The molecule has 0 radical (unpaired) electrons. The third kappa shape index (κ3) is 3.14. The van der Waals surface area contributed by atoms with Gasteiger partial charge in [-0.3, -0.25) is 0 Å². The van der Waals surface area contributed by atoms with Gasteiger partial charge in [-0.1, -0.05) is 0 Å². The first kappa shape index (κ1) is 11.3. The fourth-order valence-electron chi connectivity index (χ4n) is 2.10. The van der Waals surface area contributed by atoms with E-state index < -0.39 is 0 Å². The zero-order chi connectivity index (χ0) is 10.5. The highest BCUT2D eigenvalue weighted by atomic mass is 16.5. The van der Waals surface area contributed by atoms with E-state index in [2.05, 4.69) is 0 Å². The third-order valence-corrected chi connectivity index (χ3v) is 3.15. The molecule has 0 amide bonds. The van der Waals surface area contributed by atoms with Crippen LogP contribution in [0.4, 0.5) is 0 Å². The molecule has 15 heavy (non-hydrogen) atoms. The molecule has 0 bridgehead atoms. The highest BCUT2D eigenvalue weighted by Crippen LogP contribution is 2.18. The van der Waals surface area contributed by atoms with Crippen LogP contribution in [0, 0.1) is 11.8 Å². The maximum absolute atomic E-state index is 5.69. The lowest BCUT2D eigenvalue weighted by Crippen LogP contribution is -2.26. The number of rotatable bonds is 5. The molecule has 2 saturated heterocycles. The zero-order valence-electron chi connectivity index (χ0n) is 9.31. The summed E-state index contributed by atoms with van der Waals surface area (Å²) in [5.74, 6) is 0.991. The van der Waals surface area contributed by atoms with Crippen molar-refractivity contribution >= 4 is 0 Å². The second-order valence-corrected chi connectivity index (χ2v) is 4.34. The number of hydrogen-bond acceptors (Lipinski definition) is 4. The van der Waals surface area contributed by atoms with Crippen LogP contribution >= 0.6 is 0 Å². The Labute approximate surface area is 90.8 Å². The third-order valence-electron chi connectivity index (χ3n) is 3.15. The van der Waals surface area contributed by atoms with Gasteiger partial charge in [-0.2, -0.15) is 0 Å². The molecule has 88 valence electrons. The van der Waals surface area contributed by atoms with Gasteiger partial charge in [-0.15, -0.1) is 0 Å². The molecular weight excluding hydrogens is 196 g/mol. The van der Waals surface area contributed by atoms with Crippen molar-refractivity contribution in [2.45, 2.75) is 12.5 Å². The van der Waals surface area contributed by atoms with Gasteiger partial charge in [-0.25, -0.2) is 0 Å². The van der Waals surface area contributed by atoms with E-state index in [4.69, 9.17) is 18.9 Å². The Balaban J connectivity index is 1.60. The fraction of sp³-hybridized carbons (Fsp3) is 1.00. The van der Waals surface area contributed by atoms with Gasteiger partial charge in [0.25, 0.3) is 0 Å². The molecule has 4 nitrogen and oxygen atoms in total. The van der Waals surface area contributed by atoms with Gasteiger partial charge in [0, 0.05) is 25.6 Å². The van der Waals surface area contributed by atoms with Gasteiger partial charge < -0.3 is 18.9 Å². The van der Waals surface area contributed by atoms with Gasteiger partial charge in [0.05, 0.1) is 39.1 Å². The maximum Gasteiger partial charge on any atom is 0.0876 e. The minimum absolute atomic E-state index is 0.213. The summed E-state index contributed by atoms with van der Waals surface area (Å²) in [5, 5.41) is 0. The van der Waals surface area contributed by atoms with Crippen molar-refractivity contribution < 1.29 is 18.9 Å². The molecule has 0 N–H and O–H groups in total. The van der Waals surface area contributed by atoms with Crippen LogP contribution in [-0.2, 0) is 18.9 Å². The van der Waals surface area contributed by atoms with Gasteiger partial charge >= 0.3 is 0 Å². The van der Waals surface area contributed by atoms with Gasteiger partial charge in [0.2, 0.25) is 0 Å². The summed E-state index contributed by atoms with van der Waals surface area (Å²) in [4.78, 5) is 0. The Morgan fingerprint density at radius 2 is 2.07 bits per heavy atom. The van der Waals surface area contributed by atoms with Crippen LogP contribution in [0.15, 0.2) is 0 Å². The SMILES string of the molecule is CO[C@@H]1COCC1COCC1CCOC1. The van der Waals surface area contributed by atoms with E-state index in [1.807, 2.05) is 0 Å². The fourth-order valence-corrected chi connectivity index (χ4v) is 2.10. The Kier molecular flexibility index (Phi) is 4.38. The maximum atomic E-state index is 5.69. The molecule has 2 rings (SSSR count). The lowest BCUT2D eigenvalue weighted by Gasteiger charge is -2.17. The highest BCUT2D eigenvalue weighted by molar-refractivity contribution is 4.75. The number of hydrogen-bond donors (Lipinski definition) is 0. The molecule has 0 saturated carbocycles. The summed E-state index contributed by atoms with van der Waals surface area (Å²) in [6.45, 7) is 4.77. The molecule has 2 aliphatic heterocycles. The van der Waals surface area contributed by atoms with Gasteiger partial charge in [-0.05, 0) is 6.42 Å². The Bertz CT molecular complexity index is 179. The molecule has 2 heterocycles. The molecule has 0 aromatic heterocycles. The van der Waals surface area contributed by atoms with Crippen molar-refractivity contribution in [1.29, 1.82) is 0 Å². The summed E-state index contributed by atoms with van der Waals surface area (Å²) in [6, 6.07) is 0. The molecule has 0 aromatic carbocycles. The molecule has 2 fully saturated rings. The molecule has 2 unspecified atom stereocenters. The van der Waals surface area contributed by atoms with Crippen molar-refractivity contribution in [3.8, 4) is 0 Å². The van der Waals surface area contributed by atoms with Crippen molar-refractivity contribution in [2.75, 3.05) is 46.8 Å². The Morgan fingerprint density at radius 1 is 1.13 bits per heavy atom. The topological polar surface area (TPSA) is 36.9 Å². The van der Waals surface area contributed by atoms with Gasteiger partial charge in [0.1, 0.15) is 0 Å². The first-order chi connectivity index (χ1) is 7.40. The largest absolute Gasteiger partial charge is 0.381 e. The van der Waals surface area contributed by atoms with E-state index in [9.17, 15) is 0 Å². The Morgan fingerprint density at radius 3 is 2.80 bits per heavy atom. The molecule has 2 aliphatic rings. The quantitative estimate of drug-likeness (QED) is 0.678. The summed E-state index contributed by atoms with van der Waals surface area (Å²) in [7, 11) is 1.73. The van der Waals surface area contributed by atoms with Crippen LogP contribution in [0.1, 0.15) is 6.42 Å². The molecule has 4 heteroatoms. The molecule has 0 aromatic rings. The second-order valence-electron chi connectivity index (χ2n) is 4.34. The average molecular weight is 216 g/mol. The molecule has 3 atom stereocenters. The monoisotopic (exact) mass is 216 g/mol. The van der Waals surface area contributed by atoms with E-state index in [0.29, 0.717) is 18.4 Å². The predicted octanol–water partition coefficient (Wildman–Crippen LogP) is 0.701. The smallest absolute Gasteiger partial charge is 0.0876 e. The van der Waals surface area contributed by atoms with E-state index in [0.717, 1.165) is 39.5 Å². The molecule has 0 aliphatic carbocycles. The summed E-state index contributed by atoms with van der Waals surface area (Å²) in [6.07, 6.45) is 1.35. The first-order valence-electron chi connectivity index (χ1n) is 5.66. The molecular formula is C11H20O4. The van der Waals surface area contributed by atoms with E-state index in [1.165, 1.54) is 0 Å². The van der Waals surface area contributed by atoms with Crippen LogP contribution in [0.2, 0.25) is 0 Å². The van der Waals surface area contributed by atoms with Crippen LogP contribution in [0.3, 0.4) is 0 Å². The van der Waals surface area contributed by atoms with Crippen molar-refractivity contribution in [3.63, 3.8) is 0 Å². The van der Waals surface area contributed by atoms with Crippen LogP contribution < -0.4 is 0 Å². The molecule has 0 spiro atoms. The normalized spacial score (nSPS) is 36.2. The Hall–Kier alpha value is -0.160. The summed E-state index contributed by atoms with van der Waals surface area (Å²) < 4.78 is 21.7. The first-order valence-corrected chi connectivity index (χ1v) is 5.66. The predicted molar refractivity (Wildman–Crippen MR) is 54.9 cm³/mol. The van der Waals surface area contributed by atoms with Crippen LogP contribution in [-0.4, -0.2) is 52.9 Å². The van der Waals surface area contributed by atoms with Crippen LogP contribution in [0.25, 0.3) is 0 Å². The van der Waals surface area contributed by atoms with Crippen LogP contribution in [0.5, 0.6) is 0 Å². The number of ether oxygens (including phenoxy) is 4. The minimum atomic E-state index is 0.213. The summed E-state index contributed by atoms with van der Waals surface area (Å²) >= 11 is 0. The average Bonchev–Trinajstić information content (AvgIpc) is 2.88. The van der Waals surface area contributed by atoms with E-state index >= 15 is 0 Å². The van der Waals surface area contributed by atoms with E-state index in [1.54, 1.807) is 7.11 Å². The highest BCUT2D eigenvalue weighted by Gasteiger charge is 2.28. The minimum Gasteiger partial charge on any atom is -0.381 e. The second kappa shape index (κ2) is 5.80. The van der Waals surface area contributed by atoms with Crippen molar-refractivity contribution in [3.05, 3.63) is 0 Å². The number of methoxy groups -OCH3 is 1. The summed E-state index contributed by atoms with van der Waals surface area (Å²) in [5.41, 5.74) is 0. The van der Waals surface area contributed by atoms with E-state index in [-0.39, 0.29) is 6.10 Å². The van der Waals surface area contributed by atoms with Crippen molar-refractivity contribution in [1.82, 2.24) is 0 Å². The lowest BCUT2D eigenvalue weighted by atomic mass is 10.1. The zero-order valence-corrected chi connectivity index (χ0v) is 9.31. The van der Waals surface area contributed by atoms with Gasteiger partial charge in [0.15, 0.2) is 0 Å².